The van der Waals surface area contributed by atoms with Gasteiger partial charge in [0, 0.05) is 180 Å². The Morgan fingerprint density at radius 2 is 0.713 bits per heavy atom. The quantitative estimate of drug-likeness (QED) is 0.0588. The van der Waals surface area contributed by atoms with Crippen LogP contribution in [0.4, 0.5) is 57.5 Å². The van der Waals surface area contributed by atoms with Gasteiger partial charge in [0.1, 0.15) is 17.5 Å². The lowest BCUT2D eigenvalue weighted by Gasteiger charge is -2.36. The van der Waals surface area contributed by atoms with Crippen molar-refractivity contribution in [1.29, 1.82) is 0 Å². The molecule has 6 aliphatic heterocycles. The number of hydrogen-bond donors (Lipinski definition) is 3. The van der Waals surface area contributed by atoms with Crippen molar-refractivity contribution >= 4 is 87.5 Å². The summed E-state index contributed by atoms with van der Waals surface area (Å²) in [5.41, 5.74) is -0.000953. The SMILES string of the molecule is CN(Cc1ccc(C(F)(F)F)c(F)c1)C1CN(C(=O)CN2CCC(O)CC2)CC1c1ccc(Cl)c(Cl)c1.CN(Cc1ccc(C(F)(F)F)c(F)c1)C1CN(C(=O)CN2CCN(CCCO)CC2)CC1c1ccc(Cl)c(Cl)c1.CN(Cc1ccc(C(F)(F)F)c(F)c1)C1CN(C(=O)N2CCN(CCO)CC2)CC1c1ccc(Cl)c(Cl)c1. The number of rotatable bonds is 21. The summed E-state index contributed by atoms with van der Waals surface area (Å²) in [5, 5.41) is 30.4. The van der Waals surface area contributed by atoms with E-state index in [4.69, 9.17) is 79.8 Å². The van der Waals surface area contributed by atoms with Crippen LogP contribution in [0.25, 0.3) is 0 Å². The van der Waals surface area contributed by atoms with E-state index in [1.54, 1.807) is 51.1 Å². The normalized spacial score (nSPS) is 21.2. The average Bonchev–Trinajstić information content (AvgIpc) is 1.67. The van der Waals surface area contributed by atoms with Crippen LogP contribution in [0.1, 0.15) is 87.1 Å². The van der Waals surface area contributed by atoms with Crippen LogP contribution in [-0.2, 0) is 47.8 Å². The summed E-state index contributed by atoms with van der Waals surface area (Å²) in [6, 6.07) is 24.3. The molecular formula is C80H93Cl6F12N11O6. The van der Waals surface area contributed by atoms with Crippen molar-refractivity contribution in [3.8, 4) is 0 Å². The van der Waals surface area contributed by atoms with E-state index in [9.17, 15) is 72.2 Å². The molecule has 35 heteroatoms. The number of amides is 4. The molecule has 6 aromatic carbocycles. The van der Waals surface area contributed by atoms with Gasteiger partial charge in [0.15, 0.2) is 0 Å². The zero-order valence-corrected chi connectivity index (χ0v) is 68.1. The van der Waals surface area contributed by atoms with Crippen LogP contribution in [0.3, 0.4) is 0 Å². The van der Waals surface area contributed by atoms with E-state index in [-0.39, 0.29) is 99.2 Å². The first-order valence-electron chi connectivity index (χ1n) is 37.8. The standard InChI is InChI=1S/C28H34Cl2F4N4O2.C26H30Cl2F4N4O2.C26H29Cl2F4N3O2/c1-35(15-19-3-5-22(25(31)13-19)28(32,33)34)26-17-38(16-21(26)20-4-6-23(29)24(30)14-20)27(40)18-37-10-8-36(9-11-37)7-2-12-39;1-33(14-17-2-4-20(23(29)12-17)26(30,31)32)24-16-36(15-19(24)18-3-5-21(27)22(28)13-18)25(38)35-8-6-34(7-9-35)10-11-37;1-33(12-16-2-4-20(23(29)10-16)26(30,31)32)24-14-35(25(37)15-34-8-6-18(36)7-9-34)13-19(24)17-3-5-21(27)22(28)11-17/h3-6,13-14,21,26,39H,2,7-12,15-18H2,1H3;2-5,12-13,19,24,37H,6-11,14-16H2,1H3;2-5,10-11,18-19,24,36H,6-9,12-15H2,1H3. The summed E-state index contributed by atoms with van der Waals surface area (Å²) in [5.74, 6) is -4.36. The zero-order valence-electron chi connectivity index (χ0n) is 63.5. The van der Waals surface area contributed by atoms with Gasteiger partial charge in [-0.25, -0.2) is 18.0 Å². The summed E-state index contributed by atoms with van der Waals surface area (Å²) in [4.78, 5) is 61.5. The van der Waals surface area contributed by atoms with Crippen molar-refractivity contribution in [2.75, 3.05) is 165 Å². The van der Waals surface area contributed by atoms with Crippen molar-refractivity contribution in [3.63, 3.8) is 0 Å². The number of carbonyl (C=O) groups is 3. The second kappa shape index (κ2) is 40.4. The third-order valence-electron chi connectivity index (χ3n) is 22.4. The Labute approximate surface area is 691 Å². The number of benzene rings is 6. The van der Waals surface area contributed by atoms with Gasteiger partial charge in [-0.15, -0.1) is 0 Å². The lowest BCUT2D eigenvalue weighted by molar-refractivity contribution is -0.140. The fourth-order valence-electron chi connectivity index (χ4n) is 16.0. The van der Waals surface area contributed by atoms with E-state index in [1.165, 1.54) is 18.2 Å². The summed E-state index contributed by atoms with van der Waals surface area (Å²) < 4.78 is 160. The number of halogens is 18. The van der Waals surface area contributed by atoms with Gasteiger partial charge in [-0.3, -0.25) is 39.0 Å². The Balaban J connectivity index is 0.000000182. The van der Waals surface area contributed by atoms with Gasteiger partial charge < -0.3 is 39.8 Å². The summed E-state index contributed by atoms with van der Waals surface area (Å²) in [6.45, 7) is 12.3. The monoisotopic (exact) mass is 1740 g/mol. The highest BCUT2D eigenvalue weighted by molar-refractivity contribution is 6.43. The van der Waals surface area contributed by atoms with Crippen LogP contribution in [-0.4, -0.2) is 277 Å². The maximum atomic E-state index is 14.2. The van der Waals surface area contributed by atoms with Gasteiger partial charge >= 0.3 is 24.6 Å². The van der Waals surface area contributed by atoms with Gasteiger partial charge in [-0.2, -0.15) is 39.5 Å². The van der Waals surface area contributed by atoms with Gasteiger partial charge in [-0.05, 0) is 147 Å². The Morgan fingerprint density at radius 3 is 1.04 bits per heavy atom. The number of aliphatic hydroxyl groups is 3. The molecule has 0 saturated carbocycles. The number of likely N-dealkylation sites (N-methyl/N-ethyl adjacent to an activating group) is 3. The average molecular weight is 1750 g/mol. The van der Waals surface area contributed by atoms with Crippen molar-refractivity contribution in [3.05, 3.63) is 207 Å². The Hall–Kier alpha value is -5.97. The lowest BCUT2D eigenvalue weighted by Crippen LogP contribution is -2.53. The molecule has 630 valence electrons. The minimum absolute atomic E-state index is 0.00495. The van der Waals surface area contributed by atoms with Crippen LogP contribution < -0.4 is 0 Å². The minimum atomic E-state index is -4.76. The first-order valence-corrected chi connectivity index (χ1v) is 40.0. The Bertz CT molecular complexity index is 4290. The second-order valence-electron chi connectivity index (χ2n) is 30.3. The molecule has 0 spiro atoms. The Morgan fingerprint density at radius 1 is 0.391 bits per heavy atom. The van der Waals surface area contributed by atoms with Crippen molar-refractivity contribution < 1.29 is 82.4 Å². The molecule has 4 amide bonds. The first kappa shape index (κ1) is 91.3. The molecule has 0 radical (unpaired) electrons. The minimum Gasteiger partial charge on any atom is -0.396 e. The van der Waals surface area contributed by atoms with Crippen LogP contribution in [0.15, 0.2) is 109 Å². The number of β-amino-alcohol motifs (C(OH)–C–C–N with tert-alkyl or cyclic N) is 1. The fraction of sp³-hybridized carbons (Fsp3) is 0.512. The van der Waals surface area contributed by atoms with Crippen LogP contribution in [0.2, 0.25) is 30.1 Å². The van der Waals surface area contributed by atoms with E-state index < -0.39 is 52.7 Å². The van der Waals surface area contributed by atoms with E-state index in [1.807, 2.05) is 63.8 Å². The molecule has 6 heterocycles. The number of piperidine rings is 1. The van der Waals surface area contributed by atoms with Crippen molar-refractivity contribution in [2.45, 2.75) is 99.4 Å². The largest absolute Gasteiger partial charge is 0.419 e. The second-order valence-corrected chi connectivity index (χ2v) is 32.7. The molecular weight excluding hydrogens is 1650 g/mol. The fourth-order valence-corrected chi connectivity index (χ4v) is 16.9. The number of aliphatic hydroxyl groups excluding tert-OH is 3. The maximum absolute atomic E-state index is 14.2. The molecule has 6 atom stereocenters. The molecule has 115 heavy (non-hydrogen) atoms. The molecule has 0 aliphatic carbocycles. The molecule has 6 unspecified atom stereocenters. The molecule has 12 rings (SSSR count). The highest BCUT2D eigenvalue weighted by atomic mass is 35.5. The number of likely N-dealkylation sites (tertiary alicyclic amines) is 4. The van der Waals surface area contributed by atoms with Crippen LogP contribution in [0.5, 0.6) is 0 Å². The summed E-state index contributed by atoms with van der Waals surface area (Å²) >= 11 is 37.2. The topological polar surface area (TPSA) is 148 Å². The number of urea groups is 1. The van der Waals surface area contributed by atoms with Gasteiger partial charge in [0.25, 0.3) is 0 Å². The molecule has 0 bridgehead atoms. The van der Waals surface area contributed by atoms with Crippen molar-refractivity contribution in [2.24, 2.45) is 0 Å². The van der Waals surface area contributed by atoms with Gasteiger partial charge in [0.05, 0.1) is 72.6 Å². The van der Waals surface area contributed by atoms with E-state index >= 15 is 0 Å². The summed E-state index contributed by atoms with van der Waals surface area (Å²) in [7, 11) is 5.45. The van der Waals surface area contributed by atoms with Gasteiger partial charge in [0.2, 0.25) is 11.8 Å². The molecule has 0 aromatic heterocycles. The number of nitrogens with zero attached hydrogens (tertiary/aromatic N) is 11. The lowest BCUT2D eigenvalue weighted by atomic mass is 9.93. The first-order chi connectivity index (χ1) is 54.3. The maximum Gasteiger partial charge on any atom is 0.419 e. The van der Waals surface area contributed by atoms with E-state index in [0.717, 1.165) is 92.2 Å². The van der Waals surface area contributed by atoms with Crippen LogP contribution in [0, 0.1) is 17.5 Å². The highest BCUT2D eigenvalue weighted by Crippen LogP contribution is 2.41. The molecule has 6 aliphatic rings. The predicted octanol–water partition coefficient (Wildman–Crippen LogP) is 14.4. The highest BCUT2D eigenvalue weighted by Gasteiger charge is 2.45. The van der Waals surface area contributed by atoms with Crippen LogP contribution >= 0.6 is 69.6 Å². The zero-order chi connectivity index (χ0) is 83.5. The summed E-state index contributed by atoms with van der Waals surface area (Å²) in [6.07, 6.45) is -12.6. The molecule has 6 aromatic rings. The number of carbonyl (C=O) groups excluding carboxylic acids is 3. The molecule has 6 saturated heterocycles. The van der Waals surface area contributed by atoms with E-state index in [0.29, 0.717) is 151 Å². The van der Waals surface area contributed by atoms with E-state index in [2.05, 4.69) is 14.7 Å². The Kier molecular flexibility index (Phi) is 32.1. The molecule has 17 nitrogen and oxygen atoms in total. The van der Waals surface area contributed by atoms with Crippen molar-refractivity contribution in [1.82, 2.24) is 53.9 Å². The number of piperazine rings is 2. The van der Waals surface area contributed by atoms with Gasteiger partial charge in [-0.1, -0.05) is 106 Å². The third kappa shape index (κ3) is 24.4. The molecule has 3 N–H and O–H groups in total. The number of hydrogen-bond acceptors (Lipinski definition) is 13. The number of alkyl halides is 9. The smallest absolute Gasteiger partial charge is 0.396 e. The predicted molar refractivity (Wildman–Crippen MR) is 419 cm³/mol. The third-order valence-corrected chi connectivity index (χ3v) is 24.6. The molecule has 6 fully saturated rings.